The SMILES string of the molecule is CNC(=O)Nc1ccc(-c2nc(N3CC4CCC(C3)O4)c3cnn(C4CCC5(CC4)OCCCO5)c3n2)cc1. The van der Waals surface area contributed by atoms with Crippen LogP contribution in [0.5, 0.6) is 0 Å². The topological polar surface area (TPSA) is 116 Å². The van der Waals surface area contributed by atoms with Gasteiger partial charge in [-0.25, -0.2) is 19.4 Å². The Morgan fingerprint density at radius 2 is 1.72 bits per heavy atom. The monoisotopic (exact) mass is 533 g/mol. The average molecular weight is 534 g/mol. The highest BCUT2D eigenvalue weighted by atomic mass is 16.7. The van der Waals surface area contributed by atoms with Gasteiger partial charge in [-0.1, -0.05) is 0 Å². The molecule has 2 aromatic heterocycles. The largest absolute Gasteiger partial charge is 0.371 e. The molecule has 1 aromatic carbocycles. The maximum absolute atomic E-state index is 11.7. The van der Waals surface area contributed by atoms with Crippen LogP contribution >= 0.6 is 0 Å². The Morgan fingerprint density at radius 1 is 1.00 bits per heavy atom. The number of anilines is 2. The summed E-state index contributed by atoms with van der Waals surface area (Å²) >= 11 is 0. The molecule has 7 rings (SSSR count). The predicted molar refractivity (Wildman–Crippen MR) is 146 cm³/mol. The van der Waals surface area contributed by atoms with Gasteiger partial charge in [0.15, 0.2) is 17.3 Å². The van der Waals surface area contributed by atoms with Crippen molar-refractivity contribution in [1.82, 2.24) is 25.1 Å². The van der Waals surface area contributed by atoms with Crippen molar-refractivity contribution in [3.63, 3.8) is 0 Å². The fourth-order valence-electron chi connectivity index (χ4n) is 6.42. The standard InChI is InChI=1S/C28H35N7O4/c1-29-27(36)31-19-5-3-18(4-6-19)24-32-25(34-16-21-7-8-22(17-34)39-21)23-15-30-35(26(23)33-24)20-9-11-28(12-10-20)37-13-2-14-38-28/h3-6,15,20-22H,2,7-14,16-17H2,1H3,(H2,29,31,36). The Balaban J connectivity index is 1.24. The number of urea groups is 1. The number of hydrogen-bond acceptors (Lipinski definition) is 8. The summed E-state index contributed by atoms with van der Waals surface area (Å²) in [6.45, 7) is 3.19. The van der Waals surface area contributed by atoms with Crippen LogP contribution in [0.3, 0.4) is 0 Å². The average Bonchev–Trinajstić information content (AvgIpc) is 3.55. The molecule has 4 aliphatic rings. The van der Waals surface area contributed by atoms with Crippen LogP contribution in [0.2, 0.25) is 0 Å². The van der Waals surface area contributed by atoms with Crippen molar-refractivity contribution in [3.8, 4) is 11.4 Å². The molecule has 0 radical (unpaired) electrons. The van der Waals surface area contributed by atoms with Crippen LogP contribution in [-0.4, -0.2) is 77.1 Å². The van der Waals surface area contributed by atoms with E-state index in [0.717, 1.165) is 93.7 Å². The third-order valence-electron chi connectivity index (χ3n) is 8.49. The van der Waals surface area contributed by atoms with Crippen molar-refractivity contribution in [2.75, 3.05) is 43.6 Å². The highest BCUT2D eigenvalue weighted by molar-refractivity contribution is 5.90. The Bertz CT molecular complexity index is 1330. The summed E-state index contributed by atoms with van der Waals surface area (Å²) in [6.07, 6.45) is 9.13. The maximum Gasteiger partial charge on any atom is 0.318 e. The lowest BCUT2D eigenvalue weighted by Gasteiger charge is -2.42. The Kier molecular flexibility index (Phi) is 6.37. The van der Waals surface area contributed by atoms with E-state index in [1.54, 1.807) is 7.05 Å². The number of benzene rings is 1. The number of carbonyl (C=O) groups excluding carboxylic acids is 1. The number of morpholine rings is 1. The molecule has 3 aliphatic heterocycles. The fourth-order valence-corrected chi connectivity index (χ4v) is 6.42. The number of hydrogen-bond donors (Lipinski definition) is 2. The molecule has 2 unspecified atom stereocenters. The molecule has 2 bridgehead atoms. The van der Waals surface area contributed by atoms with Crippen molar-refractivity contribution in [1.29, 1.82) is 0 Å². The van der Waals surface area contributed by atoms with Gasteiger partial charge in [-0.3, -0.25) is 0 Å². The van der Waals surface area contributed by atoms with Gasteiger partial charge in [-0.15, -0.1) is 0 Å². The fraction of sp³-hybridized carbons (Fsp3) is 0.571. The van der Waals surface area contributed by atoms with Gasteiger partial charge in [-0.2, -0.15) is 5.10 Å². The molecule has 5 heterocycles. The molecule has 11 heteroatoms. The number of fused-ring (bicyclic) bond motifs is 3. The van der Waals surface area contributed by atoms with Crippen molar-refractivity contribution < 1.29 is 19.0 Å². The number of rotatable bonds is 4. The molecule has 3 aromatic rings. The second kappa shape index (κ2) is 10.0. The van der Waals surface area contributed by atoms with E-state index in [9.17, 15) is 4.79 Å². The van der Waals surface area contributed by atoms with Crippen LogP contribution in [0.15, 0.2) is 30.5 Å². The maximum atomic E-state index is 11.7. The molecular formula is C28H35N7O4. The van der Waals surface area contributed by atoms with Gasteiger partial charge in [0, 0.05) is 44.2 Å². The first kappa shape index (κ1) is 24.7. The zero-order valence-electron chi connectivity index (χ0n) is 22.3. The van der Waals surface area contributed by atoms with Crippen molar-refractivity contribution in [2.24, 2.45) is 0 Å². The normalized spacial score (nSPS) is 24.8. The molecular weight excluding hydrogens is 498 g/mol. The number of ether oxygens (including phenoxy) is 3. The number of carbonyl (C=O) groups is 1. The third kappa shape index (κ3) is 4.72. The lowest BCUT2D eigenvalue weighted by Crippen LogP contribution is -2.44. The molecule has 206 valence electrons. The van der Waals surface area contributed by atoms with Gasteiger partial charge in [0.1, 0.15) is 5.82 Å². The van der Waals surface area contributed by atoms with Crippen LogP contribution in [-0.2, 0) is 14.2 Å². The van der Waals surface area contributed by atoms with Crippen LogP contribution < -0.4 is 15.5 Å². The highest BCUT2D eigenvalue weighted by Crippen LogP contribution is 2.41. The quantitative estimate of drug-likeness (QED) is 0.520. The lowest BCUT2D eigenvalue weighted by molar-refractivity contribution is -0.282. The first-order valence-electron chi connectivity index (χ1n) is 14.1. The molecule has 4 fully saturated rings. The Hall–Kier alpha value is -3.28. The number of amides is 2. The molecule has 3 saturated heterocycles. The molecule has 2 N–H and O–H groups in total. The number of nitrogens with zero attached hydrogens (tertiary/aromatic N) is 5. The third-order valence-corrected chi connectivity index (χ3v) is 8.49. The molecule has 11 nitrogen and oxygen atoms in total. The smallest absolute Gasteiger partial charge is 0.318 e. The summed E-state index contributed by atoms with van der Waals surface area (Å²) in [5, 5.41) is 11.2. The second-order valence-corrected chi connectivity index (χ2v) is 11.0. The summed E-state index contributed by atoms with van der Waals surface area (Å²) in [5.74, 6) is 1.14. The van der Waals surface area contributed by atoms with Gasteiger partial charge >= 0.3 is 6.03 Å². The van der Waals surface area contributed by atoms with E-state index in [0.29, 0.717) is 11.5 Å². The van der Waals surface area contributed by atoms with Crippen LogP contribution in [0, 0.1) is 0 Å². The van der Waals surface area contributed by atoms with Gasteiger partial charge in [0.25, 0.3) is 0 Å². The summed E-state index contributed by atoms with van der Waals surface area (Å²) < 4.78 is 20.4. The van der Waals surface area contributed by atoms with E-state index in [2.05, 4.69) is 20.2 Å². The zero-order valence-corrected chi connectivity index (χ0v) is 22.3. The van der Waals surface area contributed by atoms with E-state index >= 15 is 0 Å². The number of aromatic nitrogens is 4. The molecule has 2 atom stereocenters. The zero-order chi connectivity index (χ0) is 26.4. The summed E-state index contributed by atoms with van der Waals surface area (Å²) in [7, 11) is 1.59. The molecule has 39 heavy (non-hydrogen) atoms. The van der Waals surface area contributed by atoms with Crippen LogP contribution in [0.4, 0.5) is 16.3 Å². The van der Waals surface area contributed by atoms with Gasteiger partial charge in [-0.05, 0) is 56.4 Å². The van der Waals surface area contributed by atoms with Crippen LogP contribution in [0.1, 0.15) is 51.0 Å². The minimum atomic E-state index is -0.430. The lowest BCUT2D eigenvalue weighted by atomic mass is 9.89. The van der Waals surface area contributed by atoms with E-state index in [4.69, 9.17) is 29.3 Å². The molecule has 1 spiro atoms. The van der Waals surface area contributed by atoms with E-state index < -0.39 is 5.79 Å². The van der Waals surface area contributed by atoms with E-state index in [1.807, 2.05) is 30.5 Å². The first-order valence-corrected chi connectivity index (χ1v) is 14.1. The molecule has 1 aliphatic carbocycles. The van der Waals surface area contributed by atoms with Gasteiger partial charge in [0.05, 0.1) is 43.0 Å². The Morgan fingerprint density at radius 3 is 2.41 bits per heavy atom. The highest BCUT2D eigenvalue weighted by Gasteiger charge is 2.40. The summed E-state index contributed by atoms with van der Waals surface area (Å²) in [5.41, 5.74) is 2.45. The van der Waals surface area contributed by atoms with Crippen molar-refractivity contribution >= 4 is 28.6 Å². The van der Waals surface area contributed by atoms with Crippen molar-refractivity contribution in [3.05, 3.63) is 30.5 Å². The predicted octanol–water partition coefficient (Wildman–Crippen LogP) is 3.86. The van der Waals surface area contributed by atoms with Gasteiger partial charge in [0.2, 0.25) is 0 Å². The first-order chi connectivity index (χ1) is 19.1. The van der Waals surface area contributed by atoms with Crippen LogP contribution in [0.25, 0.3) is 22.4 Å². The molecule has 2 amide bonds. The molecule has 1 saturated carbocycles. The number of nitrogens with one attached hydrogen (secondary N) is 2. The second-order valence-electron chi connectivity index (χ2n) is 11.0. The van der Waals surface area contributed by atoms with E-state index in [1.165, 1.54) is 0 Å². The summed E-state index contributed by atoms with van der Waals surface area (Å²) in [6, 6.07) is 7.60. The minimum Gasteiger partial charge on any atom is -0.371 e. The van der Waals surface area contributed by atoms with E-state index in [-0.39, 0.29) is 24.3 Å². The summed E-state index contributed by atoms with van der Waals surface area (Å²) in [4.78, 5) is 24.2. The Labute approximate surface area is 227 Å². The minimum absolute atomic E-state index is 0.220. The van der Waals surface area contributed by atoms with Gasteiger partial charge < -0.3 is 29.7 Å². The van der Waals surface area contributed by atoms with Crippen molar-refractivity contribution in [2.45, 2.75) is 69.0 Å².